The molecule has 3 aromatic carbocycles. The molecule has 0 fully saturated rings. The van der Waals surface area contributed by atoms with Crippen LogP contribution in [0.25, 0.3) is 0 Å². The number of sulfonamides is 1. The molecule has 1 heterocycles. The number of carbonyl (C=O) groups is 1. The normalized spacial score (nSPS) is 16.8. The quantitative estimate of drug-likeness (QED) is 0.596. The molecule has 4 rings (SSSR count). The molecular weight excluding hydrogens is 424 g/mol. The van der Waals surface area contributed by atoms with E-state index < -0.39 is 10.0 Å². The van der Waals surface area contributed by atoms with Crippen molar-refractivity contribution in [3.05, 3.63) is 89.5 Å². The number of ether oxygens (including phenoxy) is 1. The fourth-order valence-electron chi connectivity index (χ4n) is 4.05. The van der Waals surface area contributed by atoms with Crippen LogP contribution in [0.4, 0.5) is 5.69 Å². The number of carbonyl (C=O) groups excluding carboxylic acids is 1. The molecular formula is C25H26N2O4S. The summed E-state index contributed by atoms with van der Waals surface area (Å²) in [5, 5.41) is 0. The summed E-state index contributed by atoms with van der Waals surface area (Å²) < 4.78 is 33.6. The van der Waals surface area contributed by atoms with E-state index >= 15 is 0 Å². The van der Waals surface area contributed by atoms with Gasteiger partial charge in [0, 0.05) is 30.4 Å². The Labute approximate surface area is 189 Å². The van der Waals surface area contributed by atoms with Gasteiger partial charge in [-0.1, -0.05) is 35.9 Å². The molecule has 0 N–H and O–H groups in total. The molecule has 32 heavy (non-hydrogen) atoms. The van der Waals surface area contributed by atoms with Crippen LogP contribution in [0.1, 0.15) is 28.4 Å². The third-order valence-electron chi connectivity index (χ3n) is 5.69. The molecule has 6 nitrogen and oxygen atoms in total. The van der Waals surface area contributed by atoms with Crippen LogP contribution < -0.4 is 9.64 Å². The largest absolute Gasteiger partial charge is 0.497 e. The summed E-state index contributed by atoms with van der Waals surface area (Å²) in [4.78, 5) is 15.4. The number of aryl methyl sites for hydroxylation is 1. The summed E-state index contributed by atoms with van der Waals surface area (Å²) >= 11 is 0. The van der Waals surface area contributed by atoms with Crippen molar-refractivity contribution in [2.75, 3.05) is 18.6 Å². The van der Waals surface area contributed by atoms with Crippen molar-refractivity contribution in [2.24, 2.45) is 0 Å². The van der Waals surface area contributed by atoms with E-state index in [9.17, 15) is 13.2 Å². The number of amides is 1. The minimum Gasteiger partial charge on any atom is -0.497 e. The first-order chi connectivity index (χ1) is 15.3. The van der Waals surface area contributed by atoms with Crippen LogP contribution in [0.2, 0.25) is 0 Å². The molecule has 7 heteroatoms. The van der Waals surface area contributed by atoms with E-state index in [-0.39, 0.29) is 29.9 Å². The minimum absolute atomic E-state index is 0.146. The molecule has 3 aromatic rings. The smallest absolute Gasteiger partial charge is 0.258 e. The van der Waals surface area contributed by atoms with Gasteiger partial charge in [0.2, 0.25) is 10.0 Å². The minimum atomic E-state index is -3.77. The van der Waals surface area contributed by atoms with Gasteiger partial charge in [-0.2, -0.15) is 4.31 Å². The second-order valence-electron chi connectivity index (χ2n) is 8.00. The maximum atomic E-state index is 13.5. The van der Waals surface area contributed by atoms with Crippen molar-refractivity contribution in [3.8, 4) is 5.75 Å². The van der Waals surface area contributed by atoms with E-state index in [0.29, 0.717) is 11.3 Å². The zero-order valence-electron chi connectivity index (χ0n) is 18.4. The Morgan fingerprint density at radius 1 is 1.00 bits per heavy atom. The number of hydrogen-bond acceptors (Lipinski definition) is 4. The molecule has 1 unspecified atom stereocenters. The number of methoxy groups -OCH3 is 1. The maximum absolute atomic E-state index is 13.5. The SMILES string of the molecule is COc1ccc(S(=O)(=O)N2Cc3cc(C)ccc3N(C(=O)c3ccccc3)C(C)C2)cc1. The van der Waals surface area contributed by atoms with Gasteiger partial charge in [-0.05, 0) is 61.9 Å². The van der Waals surface area contributed by atoms with E-state index in [1.165, 1.54) is 11.4 Å². The zero-order chi connectivity index (χ0) is 22.9. The van der Waals surface area contributed by atoms with Crippen LogP contribution in [0.3, 0.4) is 0 Å². The Morgan fingerprint density at radius 2 is 1.69 bits per heavy atom. The first kappa shape index (κ1) is 22.0. The van der Waals surface area contributed by atoms with Crippen molar-refractivity contribution < 1.29 is 17.9 Å². The molecule has 1 aliphatic heterocycles. The molecule has 1 atom stereocenters. The number of hydrogen-bond donors (Lipinski definition) is 0. The third kappa shape index (κ3) is 4.13. The van der Waals surface area contributed by atoms with Gasteiger partial charge in [0.1, 0.15) is 5.75 Å². The highest BCUT2D eigenvalue weighted by atomic mass is 32.2. The van der Waals surface area contributed by atoms with E-state index in [0.717, 1.165) is 16.8 Å². The van der Waals surface area contributed by atoms with Crippen molar-refractivity contribution in [1.82, 2.24) is 4.31 Å². The Hall–Kier alpha value is -3.16. The number of rotatable bonds is 4. The van der Waals surface area contributed by atoms with Crippen LogP contribution in [0, 0.1) is 6.92 Å². The summed E-state index contributed by atoms with van der Waals surface area (Å²) in [6.07, 6.45) is 0. The Kier molecular flexibility index (Phi) is 6.04. The lowest BCUT2D eigenvalue weighted by atomic mass is 10.1. The van der Waals surface area contributed by atoms with Crippen LogP contribution >= 0.6 is 0 Å². The van der Waals surface area contributed by atoms with Crippen molar-refractivity contribution >= 4 is 21.6 Å². The number of fused-ring (bicyclic) bond motifs is 1. The van der Waals surface area contributed by atoms with Gasteiger partial charge >= 0.3 is 0 Å². The number of benzene rings is 3. The molecule has 0 saturated heterocycles. The van der Waals surface area contributed by atoms with E-state index in [4.69, 9.17) is 4.74 Å². The van der Waals surface area contributed by atoms with Crippen molar-refractivity contribution in [3.63, 3.8) is 0 Å². The molecule has 0 aliphatic carbocycles. The van der Waals surface area contributed by atoms with Crippen LogP contribution in [-0.4, -0.2) is 38.3 Å². The van der Waals surface area contributed by atoms with E-state index in [1.807, 2.05) is 50.2 Å². The van der Waals surface area contributed by atoms with Crippen LogP contribution in [0.5, 0.6) is 5.75 Å². The van der Waals surface area contributed by atoms with Crippen molar-refractivity contribution in [1.29, 1.82) is 0 Å². The summed E-state index contributed by atoms with van der Waals surface area (Å²) in [6, 6.07) is 20.9. The highest BCUT2D eigenvalue weighted by molar-refractivity contribution is 7.89. The fraction of sp³-hybridized carbons (Fsp3) is 0.240. The van der Waals surface area contributed by atoms with Gasteiger partial charge in [-0.25, -0.2) is 8.42 Å². The predicted molar refractivity (Wildman–Crippen MR) is 124 cm³/mol. The van der Waals surface area contributed by atoms with Crippen LogP contribution in [-0.2, 0) is 16.6 Å². The van der Waals surface area contributed by atoms with Gasteiger partial charge in [-0.15, -0.1) is 0 Å². The van der Waals surface area contributed by atoms with Gasteiger partial charge in [0.25, 0.3) is 5.91 Å². The summed E-state index contributed by atoms with van der Waals surface area (Å²) in [5.74, 6) is 0.445. The Morgan fingerprint density at radius 3 is 2.34 bits per heavy atom. The lowest BCUT2D eigenvalue weighted by molar-refractivity contribution is 0.0977. The first-order valence-electron chi connectivity index (χ1n) is 10.4. The molecule has 1 amide bonds. The molecule has 166 valence electrons. The average Bonchev–Trinajstić information content (AvgIpc) is 2.95. The lowest BCUT2D eigenvalue weighted by Crippen LogP contribution is -2.44. The molecule has 0 bridgehead atoms. The second-order valence-corrected chi connectivity index (χ2v) is 9.93. The predicted octanol–water partition coefficient (Wildman–Crippen LogP) is 4.24. The first-order valence-corrected chi connectivity index (χ1v) is 11.9. The standard InChI is InChI=1S/C25H26N2O4S/c1-18-9-14-24-21(15-18)17-26(32(29,30)23-12-10-22(31-3)11-13-23)16-19(2)27(24)25(28)20-7-5-4-6-8-20/h4-15,19H,16-17H2,1-3H3. The molecule has 0 radical (unpaired) electrons. The van der Waals surface area contributed by atoms with E-state index in [2.05, 4.69) is 0 Å². The van der Waals surface area contributed by atoms with Gasteiger partial charge in [0.05, 0.1) is 12.0 Å². The molecule has 1 aliphatic rings. The average molecular weight is 451 g/mol. The van der Waals surface area contributed by atoms with E-state index in [1.54, 1.807) is 41.3 Å². The number of nitrogens with zero attached hydrogens (tertiary/aromatic N) is 2. The molecule has 0 saturated carbocycles. The monoisotopic (exact) mass is 450 g/mol. The van der Waals surface area contributed by atoms with Gasteiger partial charge in [0.15, 0.2) is 0 Å². The highest BCUT2D eigenvalue weighted by Gasteiger charge is 2.35. The third-order valence-corrected chi connectivity index (χ3v) is 7.51. The summed E-state index contributed by atoms with van der Waals surface area (Å²) in [7, 11) is -2.23. The summed E-state index contributed by atoms with van der Waals surface area (Å²) in [5.41, 5.74) is 3.12. The maximum Gasteiger partial charge on any atom is 0.258 e. The fourth-order valence-corrected chi connectivity index (χ4v) is 5.55. The highest BCUT2D eigenvalue weighted by Crippen LogP contribution is 2.33. The Balaban J connectivity index is 1.76. The van der Waals surface area contributed by atoms with Crippen LogP contribution in [0.15, 0.2) is 77.7 Å². The number of anilines is 1. The topological polar surface area (TPSA) is 66.9 Å². The molecule has 0 spiro atoms. The second kappa shape index (κ2) is 8.76. The Bertz CT molecular complexity index is 1220. The summed E-state index contributed by atoms with van der Waals surface area (Å²) in [6.45, 7) is 4.21. The van der Waals surface area contributed by atoms with Crippen molar-refractivity contribution in [2.45, 2.75) is 31.3 Å². The molecule has 0 aromatic heterocycles. The van der Waals surface area contributed by atoms with Gasteiger partial charge < -0.3 is 9.64 Å². The van der Waals surface area contributed by atoms with Gasteiger partial charge in [-0.3, -0.25) is 4.79 Å². The lowest BCUT2D eigenvalue weighted by Gasteiger charge is -2.30. The zero-order valence-corrected chi connectivity index (χ0v) is 19.2.